The van der Waals surface area contributed by atoms with Crippen LogP contribution in [0.4, 0.5) is 0 Å². The van der Waals surface area contributed by atoms with E-state index in [1.165, 1.54) is 0 Å². The van der Waals surface area contributed by atoms with E-state index in [0.717, 1.165) is 9.99 Å². The molecule has 1 fully saturated rings. The Bertz CT molecular complexity index is 379. The van der Waals surface area contributed by atoms with Crippen molar-refractivity contribution in [2.75, 3.05) is 11.0 Å². The molecule has 86 valence electrons. The summed E-state index contributed by atoms with van der Waals surface area (Å²) in [5.74, 6) is -1.14. The van der Waals surface area contributed by atoms with Gasteiger partial charge < -0.3 is 9.84 Å². The fourth-order valence-electron chi connectivity index (χ4n) is 2.05. The fourth-order valence-corrected chi connectivity index (χ4v) is 3.02. The Hall–Kier alpha value is -0.620. The maximum Gasteiger partial charge on any atom is 0.308 e. The smallest absolute Gasteiger partial charge is 0.308 e. The lowest BCUT2D eigenvalue weighted by atomic mass is 9.89. The Kier molecular flexibility index (Phi) is 3.49. The minimum atomic E-state index is -0.761. The molecule has 1 saturated heterocycles. The third-order valence-electron chi connectivity index (χ3n) is 3.00. The van der Waals surface area contributed by atoms with Crippen molar-refractivity contribution < 1.29 is 14.6 Å². The summed E-state index contributed by atoms with van der Waals surface area (Å²) >= 11 is 2.26. The molecule has 0 unspecified atom stereocenters. The second-order valence-corrected chi connectivity index (χ2v) is 4.81. The van der Waals surface area contributed by atoms with E-state index >= 15 is 0 Å². The van der Waals surface area contributed by atoms with E-state index in [-0.39, 0.29) is 5.92 Å². The average Bonchev–Trinajstić information content (AvgIpc) is 2.76. The van der Waals surface area contributed by atoms with Gasteiger partial charge >= 0.3 is 5.97 Å². The van der Waals surface area contributed by atoms with Crippen molar-refractivity contribution in [3.05, 3.63) is 35.9 Å². The number of halogens is 1. The topological polar surface area (TPSA) is 46.5 Å². The van der Waals surface area contributed by atoms with Crippen LogP contribution in [0.1, 0.15) is 12.0 Å². The zero-order chi connectivity index (χ0) is 11.6. The van der Waals surface area contributed by atoms with E-state index in [9.17, 15) is 4.79 Å². The van der Waals surface area contributed by atoms with Gasteiger partial charge in [0.1, 0.15) is 5.60 Å². The van der Waals surface area contributed by atoms with Crippen molar-refractivity contribution in [1.82, 2.24) is 0 Å². The molecule has 1 aliphatic heterocycles. The number of rotatable bonds is 3. The van der Waals surface area contributed by atoms with Crippen molar-refractivity contribution in [3.8, 4) is 0 Å². The lowest BCUT2D eigenvalue weighted by Crippen LogP contribution is -2.27. The monoisotopic (exact) mass is 332 g/mol. The van der Waals surface area contributed by atoms with Gasteiger partial charge in [-0.05, 0) is 12.0 Å². The summed E-state index contributed by atoms with van der Waals surface area (Å²) in [7, 11) is 0. The van der Waals surface area contributed by atoms with Crippen molar-refractivity contribution in [2.24, 2.45) is 5.92 Å². The number of alkyl halides is 1. The Morgan fingerprint density at radius 3 is 2.69 bits per heavy atom. The third-order valence-corrected chi connectivity index (χ3v) is 4.23. The average molecular weight is 332 g/mol. The molecule has 1 heterocycles. The number of aliphatic carboxylic acids is 1. The van der Waals surface area contributed by atoms with E-state index < -0.39 is 11.6 Å². The zero-order valence-corrected chi connectivity index (χ0v) is 10.9. The van der Waals surface area contributed by atoms with Gasteiger partial charge in [0.05, 0.1) is 12.5 Å². The SMILES string of the molecule is O=C(O)[C@H]1CO[C@@](CI)(c2ccccc2)C1. The van der Waals surface area contributed by atoms with Crippen LogP contribution in [0.5, 0.6) is 0 Å². The van der Waals surface area contributed by atoms with Crippen molar-refractivity contribution in [3.63, 3.8) is 0 Å². The lowest BCUT2D eigenvalue weighted by molar-refractivity contribution is -0.141. The van der Waals surface area contributed by atoms with Crippen LogP contribution >= 0.6 is 22.6 Å². The van der Waals surface area contributed by atoms with Crippen LogP contribution in [0, 0.1) is 5.92 Å². The second kappa shape index (κ2) is 4.71. The highest BCUT2D eigenvalue weighted by Crippen LogP contribution is 2.40. The Morgan fingerprint density at radius 1 is 1.50 bits per heavy atom. The highest BCUT2D eigenvalue weighted by Gasteiger charge is 2.43. The van der Waals surface area contributed by atoms with Gasteiger partial charge in [-0.1, -0.05) is 52.9 Å². The number of benzene rings is 1. The van der Waals surface area contributed by atoms with Crippen LogP contribution in [-0.2, 0) is 15.1 Å². The van der Waals surface area contributed by atoms with Gasteiger partial charge in [-0.25, -0.2) is 0 Å². The second-order valence-electron chi connectivity index (χ2n) is 4.04. The highest BCUT2D eigenvalue weighted by molar-refractivity contribution is 14.1. The number of carbonyl (C=O) groups is 1. The molecule has 0 aromatic heterocycles. The molecule has 0 bridgehead atoms. The predicted octanol–water partition coefficient (Wildman–Crippen LogP) is 2.44. The molecule has 1 aliphatic rings. The molecule has 4 heteroatoms. The molecule has 0 aliphatic carbocycles. The highest BCUT2D eigenvalue weighted by atomic mass is 127. The Balaban J connectivity index is 2.26. The summed E-state index contributed by atoms with van der Waals surface area (Å²) < 4.78 is 6.54. The minimum Gasteiger partial charge on any atom is -0.481 e. The number of carboxylic acids is 1. The summed E-state index contributed by atoms with van der Waals surface area (Å²) in [6, 6.07) is 9.88. The van der Waals surface area contributed by atoms with Gasteiger partial charge in [-0.2, -0.15) is 0 Å². The molecule has 2 atom stereocenters. The van der Waals surface area contributed by atoms with Crippen LogP contribution in [0.2, 0.25) is 0 Å². The van der Waals surface area contributed by atoms with Crippen LogP contribution in [0.15, 0.2) is 30.3 Å². The summed E-state index contributed by atoms with van der Waals surface area (Å²) in [6.07, 6.45) is 0.565. The lowest BCUT2D eigenvalue weighted by Gasteiger charge is -2.26. The maximum atomic E-state index is 11.0. The minimum absolute atomic E-state index is 0.313. The molecule has 2 rings (SSSR count). The van der Waals surface area contributed by atoms with E-state index in [4.69, 9.17) is 9.84 Å². The molecule has 1 N–H and O–H groups in total. The molecular weight excluding hydrogens is 319 g/mol. The first-order valence-corrected chi connectivity index (χ1v) is 6.69. The quantitative estimate of drug-likeness (QED) is 0.683. The molecule has 1 aromatic carbocycles. The van der Waals surface area contributed by atoms with Gasteiger partial charge in [0.2, 0.25) is 0 Å². The van der Waals surface area contributed by atoms with Crippen LogP contribution in [0.25, 0.3) is 0 Å². The third kappa shape index (κ3) is 2.08. The molecule has 0 spiro atoms. The summed E-state index contributed by atoms with van der Waals surface area (Å²) in [6.45, 7) is 0.313. The first kappa shape index (κ1) is 11.9. The van der Waals surface area contributed by atoms with Crippen molar-refractivity contribution >= 4 is 28.6 Å². The fraction of sp³-hybridized carbons (Fsp3) is 0.417. The van der Waals surface area contributed by atoms with Gasteiger partial charge in [-0.15, -0.1) is 0 Å². The van der Waals surface area contributed by atoms with Crippen LogP contribution in [0.3, 0.4) is 0 Å². The predicted molar refractivity (Wildman–Crippen MR) is 68.7 cm³/mol. The molecule has 16 heavy (non-hydrogen) atoms. The largest absolute Gasteiger partial charge is 0.481 e. The van der Waals surface area contributed by atoms with Crippen molar-refractivity contribution in [1.29, 1.82) is 0 Å². The van der Waals surface area contributed by atoms with Gasteiger partial charge in [0, 0.05) is 4.43 Å². The van der Waals surface area contributed by atoms with Gasteiger partial charge in [0.15, 0.2) is 0 Å². The van der Waals surface area contributed by atoms with E-state index in [1.807, 2.05) is 30.3 Å². The normalized spacial score (nSPS) is 29.2. The first-order chi connectivity index (χ1) is 7.68. The van der Waals surface area contributed by atoms with Gasteiger partial charge in [0.25, 0.3) is 0 Å². The summed E-state index contributed by atoms with van der Waals surface area (Å²) in [4.78, 5) is 11.0. The van der Waals surface area contributed by atoms with Crippen molar-refractivity contribution in [2.45, 2.75) is 12.0 Å². The molecule has 0 radical (unpaired) electrons. The van der Waals surface area contributed by atoms with Gasteiger partial charge in [-0.3, -0.25) is 4.79 Å². The van der Waals surface area contributed by atoms with Crippen LogP contribution in [-0.4, -0.2) is 22.1 Å². The Labute approximate surface area is 108 Å². The molecule has 3 nitrogen and oxygen atoms in total. The molecule has 0 amide bonds. The molecular formula is C12H13IO3. The summed E-state index contributed by atoms with van der Waals surface area (Å²) in [5.41, 5.74) is 0.665. The van der Waals surface area contributed by atoms with E-state index in [2.05, 4.69) is 22.6 Å². The van der Waals surface area contributed by atoms with E-state index in [1.54, 1.807) is 0 Å². The number of carboxylic acid groups (broad SMARTS) is 1. The molecule has 1 aromatic rings. The number of hydrogen-bond acceptors (Lipinski definition) is 2. The standard InChI is InChI=1S/C12H13IO3/c13-8-12(10-4-2-1-3-5-10)6-9(7-16-12)11(14)15/h1-5,9H,6-8H2,(H,14,15)/t9-,12+/m1/s1. The van der Waals surface area contributed by atoms with Crippen LogP contribution < -0.4 is 0 Å². The number of ether oxygens (including phenoxy) is 1. The first-order valence-electron chi connectivity index (χ1n) is 5.16. The summed E-state index contributed by atoms with van der Waals surface area (Å²) in [5, 5.41) is 9.01. The number of hydrogen-bond donors (Lipinski definition) is 1. The molecule has 0 saturated carbocycles. The van der Waals surface area contributed by atoms with E-state index in [0.29, 0.717) is 13.0 Å². The Morgan fingerprint density at radius 2 is 2.19 bits per heavy atom. The maximum absolute atomic E-state index is 11.0. The zero-order valence-electron chi connectivity index (χ0n) is 8.73.